The van der Waals surface area contributed by atoms with Gasteiger partial charge in [-0.3, -0.25) is 0 Å². The van der Waals surface area contributed by atoms with Crippen molar-refractivity contribution in [1.29, 1.82) is 5.26 Å². The molecule has 0 spiro atoms. The highest BCUT2D eigenvalue weighted by atomic mass is 16.3. The molecule has 1 aromatic rings. The molecule has 88 valence electrons. The smallest absolute Gasteiger partial charge is 0.105 e. The highest BCUT2D eigenvalue weighted by Gasteiger charge is 2.19. The minimum atomic E-state index is -1.18. The maximum Gasteiger partial charge on any atom is 0.105 e. The van der Waals surface area contributed by atoms with Crippen molar-refractivity contribution in [3.05, 3.63) is 45.8 Å². The van der Waals surface area contributed by atoms with Gasteiger partial charge in [0, 0.05) is 4.91 Å². The fourth-order valence-electron chi connectivity index (χ4n) is 1.50. The molecular weight excluding hydrogens is 220 g/mol. The van der Waals surface area contributed by atoms with Crippen LogP contribution in [0.5, 0.6) is 0 Å². The summed E-state index contributed by atoms with van der Waals surface area (Å²) in [6.45, 7) is -0.210. The lowest BCUT2D eigenvalue weighted by Gasteiger charge is -2.18. The number of rotatable bonds is 5. The fraction of sp³-hybridized carbons (Fsp3) is 0.364. The SMILES string of the molecule is N#CCc1ccccc1C(O)C(O)CN=[N+]=[N-]. The Bertz CT molecular complexity index is 463. The third kappa shape index (κ3) is 3.47. The first kappa shape index (κ1) is 13.0. The summed E-state index contributed by atoms with van der Waals surface area (Å²) in [6.07, 6.45) is -2.18. The molecule has 2 unspecified atom stereocenters. The molecule has 0 aliphatic heterocycles. The van der Waals surface area contributed by atoms with Gasteiger partial charge in [-0.05, 0) is 16.7 Å². The molecule has 0 saturated carbocycles. The quantitative estimate of drug-likeness (QED) is 0.455. The summed E-state index contributed by atoms with van der Waals surface area (Å²) in [5.74, 6) is 0. The Morgan fingerprint density at radius 2 is 2.12 bits per heavy atom. The average Bonchev–Trinajstić information content (AvgIpc) is 2.36. The first-order valence-electron chi connectivity index (χ1n) is 5.02. The topological polar surface area (TPSA) is 113 Å². The van der Waals surface area contributed by atoms with Gasteiger partial charge in [0.2, 0.25) is 0 Å². The molecule has 0 aliphatic rings. The number of azide groups is 1. The second-order valence-corrected chi connectivity index (χ2v) is 3.46. The van der Waals surface area contributed by atoms with Gasteiger partial charge in [0.1, 0.15) is 6.10 Å². The Labute approximate surface area is 98.4 Å². The van der Waals surface area contributed by atoms with Crippen molar-refractivity contribution in [3.63, 3.8) is 0 Å². The summed E-state index contributed by atoms with van der Waals surface area (Å²) in [4.78, 5) is 2.51. The van der Waals surface area contributed by atoms with Gasteiger partial charge >= 0.3 is 0 Å². The highest BCUT2D eigenvalue weighted by molar-refractivity contribution is 5.31. The molecule has 0 radical (unpaired) electrons. The summed E-state index contributed by atoms with van der Waals surface area (Å²) in [5, 5.41) is 31.3. The van der Waals surface area contributed by atoms with E-state index in [4.69, 9.17) is 10.8 Å². The lowest BCUT2D eigenvalue weighted by molar-refractivity contribution is 0.0239. The number of aliphatic hydroxyl groups is 2. The first-order chi connectivity index (χ1) is 8.20. The van der Waals surface area contributed by atoms with Crippen molar-refractivity contribution < 1.29 is 10.2 Å². The molecule has 6 nitrogen and oxygen atoms in total. The molecule has 0 bridgehead atoms. The van der Waals surface area contributed by atoms with E-state index in [1.807, 2.05) is 6.07 Å². The van der Waals surface area contributed by atoms with Crippen LogP contribution in [0.1, 0.15) is 17.2 Å². The molecular formula is C11H12N4O2. The average molecular weight is 232 g/mol. The molecule has 0 aliphatic carbocycles. The molecule has 17 heavy (non-hydrogen) atoms. The van der Waals surface area contributed by atoms with Crippen molar-refractivity contribution in [3.8, 4) is 6.07 Å². The van der Waals surface area contributed by atoms with E-state index in [0.717, 1.165) is 0 Å². The van der Waals surface area contributed by atoms with Crippen LogP contribution in [0.15, 0.2) is 29.4 Å². The van der Waals surface area contributed by atoms with E-state index in [9.17, 15) is 10.2 Å². The van der Waals surface area contributed by atoms with Gasteiger partial charge in [0.25, 0.3) is 0 Å². The van der Waals surface area contributed by atoms with E-state index in [-0.39, 0.29) is 13.0 Å². The zero-order valence-corrected chi connectivity index (χ0v) is 9.06. The monoisotopic (exact) mass is 232 g/mol. The van der Waals surface area contributed by atoms with Crippen LogP contribution in [0, 0.1) is 11.3 Å². The predicted octanol–water partition coefficient (Wildman–Crippen LogP) is 1.46. The van der Waals surface area contributed by atoms with Crippen molar-refractivity contribution in [2.75, 3.05) is 6.54 Å². The number of benzene rings is 1. The lowest BCUT2D eigenvalue weighted by Crippen LogP contribution is -2.22. The zero-order valence-electron chi connectivity index (χ0n) is 9.06. The summed E-state index contributed by atoms with van der Waals surface area (Å²) in [6, 6.07) is 8.79. The molecule has 2 N–H and O–H groups in total. The number of nitriles is 1. The minimum absolute atomic E-state index is 0.154. The van der Waals surface area contributed by atoms with E-state index in [0.29, 0.717) is 11.1 Å². The van der Waals surface area contributed by atoms with E-state index in [2.05, 4.69) is 10.0 Å². The van der Waals surface area contributed by atoms with Gasteiger partial charge in [-0.2, -0.15) is 5.26 Å². The van der Waals surface area contributed by atoms with Gasteiger partial charge < -0.3 is 10.2 Å². The largest absolute Gasteiger partial charge is 0.390 e. The molecule has 6 heteroatoms. The summed E-state index contributed by atoms with van der Waals surface area (Å²) in [5.41, 5.74) is 9.27. The standard InChI is InChI=1S/C11H12N4O2/c12-6-5-8-3-1-2-4-9(8)11(17)10(16)7-14-15-13/h1-4,10-11,16-17H,5,7H2. The zero-order chi connectivity index (χ0) is 12.7. The third-order valence-corrected chi connectivity index (χ3v) is 2.34. The number of hydrogen-bond donors (Lipinski definition) is 2. The maximum absolute atomic E-state index is 9.88. The Morgan fingerprint density at radius 1 is 1.41 bits per heavy atom. The van der Waals surface area contributed by atoms with E-state index in [1.165, 1.54) is 0 Å². The molecule has 0 aromatic heterocycles. The van der Waals surface area contributed by atoms with Crippen molar-refractivity contribution >= 4 is 0 Å². The number of nitrogens with zero attached hydrogens (tertiary/aromatic N) is 4. The van der Waals surface area contributed by atoms with Crippen molar-refractivity contribution in [2.45, 2.75) is 18.6 Å². The fourth-order valence-corrected chi connectivity index (χ4v) is 1.50. The number of aliphatic hydroxyl groups excluding tert-OH is 2. The van der Waals surface area contributed by atoms with Gasteiger partial charge in [-0.1, -0.05) is 29.4 Å². The number of hydrogen-bond acceptors (Lipinski definition) is 4. The Hall–Kier alpha value is -2.06. The molecule has 0 saturated heterocycles. The van der Waals surface area contributed by atoms with Crippen LogP contribution in [0.2, 0.25) is 0 Å². The molecule has 0 fully saturated rings. The van der Waals surface area contributed by atoms with E-state index in [1.54, 1.807) is 24.3 Å². The first-order valence-corrected chi connectivity index (χ1v) is 5.02. The van der Waals surface area contributed by atoms with Crippen LogP contribution in [0.4, 0.5) is 0 Å². The molecule has 1 rings (SSSR count). The predicted molar refractivity (Wildman–Crippen MR) is 60.7 cm³/mol. The maximum atomic E-state index is 9.88. The van der Waals surface area contributed by atoms with Crippen LogP contribution >= 0.6 is 0 Å². The van der Waals surface area contributed by atoms with Gasteiger partial charge in [0.05, 0.1) is 25.1 Å². The van der Waals surface area contributed by atoms with Crippen LogP contribution in [-0.2, 0) is 6.42 Å². The van der Waals surface area contributed by atoms with Crippen LogP contribution < -0.4 is 0 Å². The second-order valence-electron chi connectivity index (χ2n) is 3.46. The molecule has 2 atom stereocenters. The van der Waals surface area contributed by atoms with Crippen LogP contribution in [0.3, 0.4) is 0 Å². The summed E-state index contributed by atoms with van der Waals surface area (Å²) in [7, 11) is 0. The second kappa shape index (κ2) is 6.51. The summed E-state index contributed by atoms with van der Waals surface area (Å²) < 4.78 is 0. The molecule has 0 heterocycles. The Balaban J connectivity index is 2.91. The van der Waals surface area contributed by atoms with E-state index < -0.39 is 12.2 Å². The van der Waals surface area contributed by atoms with Crippen LogP contribution in [-0.4, -0.2) is 22.9 Å². The summed E-state index contributed by atoms with van der Waals surface area (Å²) >= 11 is 0. The minimum Gasteiger partial charge on any atom is -0.390 e. The molecule has 1 aromatic carbocycles. The van der Waals surface area contributed by atoms with Gasteiger partial charge in [-0.15, -0.1) is 0 Å². The van der Waals surface area contributed by atoms with Crippen molar-refractivity contribution in [2.24, 2.45) is 5.11 Å². The Morgan fingerprint density at radius 3 is 2.76 bits per heavy atom. The Kier molecular flexibility index (Phi) is 4.98. The van der Waals surface area contributed by atoms with E-state index >= 15 is 0 Å². The third-order valence-electron chi connectivity index (χ3n) is 2.34. The normalized spacial score (nSPS) is 13.2. The van der Waals surface area contributed by atoms with Crippen molar-refractivity contribution in [1.82, 2.24) is 0 Å². The lowest BCUT2D eigenvalue weighted by atomic mass is 9.97. The van der Waals surface area contributed by atoms with Crippen LogP contribution in [0.25, 0.3) is 10.4 Å². The van der Waals surface area contributed by atoms with Gasteiger partial charge in [-0.25, -0.2) is 0 Å². The molecule has 0 amide bonds. The van der Waals surface area contributed by atoms with Gasteiger partial charge in [0.15, 0.2) is 0 Å². The highest BCUT2D eigenvalue weighted by Crippen LogP contribution is 2.21.